The number of aromatic nitrogens is 4. The fraction of sp³-hybridized carbons (Fsp3) is 0. The van der Waals surface area contributed by atoms with E-state index in [0.29, 0.717) is 0 Å². The van der Waals surface area contributed by atoms with Crippen LogP contribution in [0.4, 0.5) is 0 Å². The van der Waals surface area contributed by atoms with Gasteiger partial charge in [-0.2, -0.15) is 0 Å². The third-order valence-electron chi connectivity index (χ3n) is 11.1. The largest absolute Gasteiger partial charge is 0.309 e. The predicted molar refractivity (Wildman–Crippen MR) is 228 cm³/mol. The molecule has 4 aromatic heterocycles. The second-order valence-electron chi connectivity index (χ2n) is 14.0. The molecule has 0 saturated heterocycles. The molecule has 4 heterocycles. The van der Waals surface area contributed by atoms with Gasteiger partial charge in [-0.1, -0.05) is 97.1 Å². The molecular formula is C49H30N4S. The fourth-order valence-electron chi connectivity index (χ4n) is 8.73. The molecule has 8 aromatic carbocycles. The van der Waals surface area contributed by atoms with E-state index in [0.717, 1.165) is 44.2 Å². The lowest BCUT2D eigenvalue weighted by molar-refractivity contribution is 1.16. The van der Waals surface area contributed by atoms with Crippen LogP contribution in [-0.2, 0) is 0 Å². The molecule has 0 N–H and O–H groups in total. The summed E-state index contributed by atoms with van der Waals surface area (Å²) in [6.07, 6.45) is 0. The highest BCUT2D eigenvalue weighted by atomic mass is 32.1. The van der Waals surface area contributed by atoms with E-state index in [1.807, 2.05) is 0 Å². The van der Waals surface area contributed by atoms with Crippen LogP contribution >= 0.6 is 11.3 Å². The third kappa shape index (κ3) is 4.21. The second kappa shape index (κ2) is 11.3. The highest BCUT2D eigenvalue weighted by Crippen LogP contribution is 2.40. The van der Waals surface area contributed by atoms with Gasteiger partial charge in [-0.05, 0) is 84.9 Å². The number of para-hydroxylation sites is 5. The van der Waals surface area contributed by atoms with Crippen LogP contribution in [0, 0.1) is 0 Å². The first-order valence-electron chi connectivity index (χ1n) is 18.3. The molecule has 0 aliphatic carbocycles. The van der Waals surface area contributed by atoms with Gasteiger partial charge in [-0.3, -0.25) is 0 Å². The van der Waals surface area contributed by atoms with Crippen molar-refractivity contribution in [2.45, 2.75) is 0 Å². The smallest absolute Gasteiger partial charge is 0.124 e. The summed E-state index contributed by atoms with van der Waals surface area (Å²) in [5.41, 5.74) is 12.7. The van der Waals surface area contributed by atoms with Gasteiger partial charge < -0.3 is 13.7 Å². The van der Waals surface area contributed by atoms with Gasteiger partial charge in [-0.25, -0.2) is 4.98 Å². The highest BCUT2D eigenvalue weighted by Gasteiger charge is 2.19. The molecule has 252 valence electrons. The molecule has 12 aromatic rings. The Kier molecular flexibility index (Phi) is 6.18. The molecule has 0 spiro atoms. The molecule has 0 atom stereocenters. The molecule has 12 rings (SSSR count). The van der Waals surface area contributed by atoms with Crippen LogP contribution < -0.4 is 0 Å². The number of rotatable bonds is 4. The number of benzene rings is 8. The lowest BCUT2D eigenvalue weighted by Gasteiger charge is -2.11. The van der Waals surface area contributed by atoms with Gasteiger partial charge in [0.15, 0.2) is 0 Å². The molecule has 0 bridgehead atoms. The normalized spacial score (nSPS) is 12.1. The standard InChI is InChI=1S/C49H30N4S/c1-6-19-42-35(14-1)36-15-2-7-20-43(36)52(42)33-24-26-46-39(29-33)40-30-34(53-44-21-8-3-16-37(44)38-17-4-9-22-45(38)53)25-27-47(40)51(46)32-13-11-12-31(28-32)49-50-41-18-5-10-23-48(41)54-49/h1-30H. The van der Waals surface area contributed by atoms with Crippen molar-refractivity contribution in [2.24, 2.45) is 0 Å². The molecule has 0 fully saturated rings. The van der Waals surface area contributed by atoms with E-state index in [-0.39, 0.29) is 0 Å². The first-order chi connectivity index (χ1) is 26.8. The summed E-state index contributed by atoms with van der Waals surface area (Å²) in [5, 5.41) is 8.48. The van der Waals surface area contributed by atoms with Crippen LogP contribution in [0.15, 0.2) is 182 Å². The zero-order chi connectivity index (χ0) is 35.3. The van der Waals surface area contributed by atoms with Crippen molar-refractivity contribution in [3.63, 3.8) is 0 Å². The van der Waals surface area contributed by atoms with Crippen molar-refractivity contribution in [1.29, 1.82) is 0 Å². The van der Waals surface area contributed by atoms with Crippen LogP contribution in [0.5, 0.6) is 0 Å². The number of thiazole rings is 1. The van der Waals surface area contributed by atoms with Gasteiger partial charge in [0.2, 0.25) is 0 Å². The maximum Gasteiger partial charge on any atom is 0.124 e. The molecule has 0 radical (unpaired) electrons. The average molecular weight is 707 g/mol. The number of nitrogens with zero attached hydrogens (tertiary/aromatic N) is 4. The van der Waals surface area contributed by atoms with Crippen molar-refractivity contribution in [1.82, 2.24) is 18.7 Å². The second-order valence-corrected chi connectivity index (χ2v) is 15.0. The number of hydrogen-bond acceptors (Lipinski definition) is 2. The lowest BCUT2D eigenvalue weighted by atomic mass is 10.1. The van der Waals surface area contributed by atoms with E-state index in [1.54, 1.807) is 11.3 Å². The first kappa shape index (κ1) is 29.6. The highest BCUT2D eigenvalue weighted by molar-refractivity contribution is 7.21. The minimum Gasteiger partial charge on any atom is -0.309 e. The van der Waals surface area contributed by atoms with E-state index in [1.165, 1.54) is 59.1 Å². The van der Waals surface area contributed by atoms with E-state index in [9.17, 15) is 0 Å². The summed E-state index contributed by atoms with van der Waals surface area (Å²) in [4.78, 5) is 5.01. The zero-order valence-electron chi connectivity index (χ0n) is 29.0. The fourth-order valence-corrected chi connectivity index (χ4v) is 9.69. The van der Waals surface area contributed by atoms with Crippen molar-refractivity contribution in [3.05, 3.63) is 182 Å². The maximum atomic E-state index is 5.01. The molecule has 54 heavy (non-hydrogen) atoms. The quantitative estimate of drug-likeness (QED) is 0.179. The molecule has 0 saturated carbocycles. The summed E-state index contributed by atoms with van der Waals surface area (Å²) >= 11 is 1.74. The van der Waals surface area contributed by atoms with E-state index in [4.69, 9.17) is 4.98 Å². The monoisotopic (exact) mass is 706 g/mol. The minimum atomic E-state index is 1.03. The predicted octanol–water partition coefficient (Wildman–Crippen LogP) is 13.3. The van der Waals surface area contributed by atoms with E-state index >= 15 is 0 Å². The molecule has 0 unspecified atom stereocenters. The molecular weight excluding hydrogens is 677 g/mol. The van der Waals surface area contributed by atoms with Gasteiger partial charge in [0.25, 0.3) is 0 Å². The first-order valence-corrected chi connectivity index (χ1v) is 19.1. The Hall–Kier alpha value is -6.95. The zero-order valence-corrected chi connectivity index (χ0v) is 29.8. The van der Waals surface area contributed by atoms with Gasteiger partial charge in [0, 0.05) is 54.9 Å². The van der Waals surface area contributed by atoms with Gasteiger partial charge in [0.05, 0.1) is 43.3 Å². The van der Waals surface area contributed by atoms with Crippen molar-refractivity contribution < 1.29 is 0 Å². The van der Waals surface area contributed by atoms with Crippen LogP contribution in [0.25, 0.3) is 103 Å². The Balaban J connectivity index is 1.14. The average Bonchev–Trinajstić information content (AvgIpc) is 3.99. The summed E-state index contributed by atoms with van der Waals surface area (Å²) in [6.45, 7) is 0. The molecule has 0 amide bonds. The van der Waals surface area contributed by atoms with Gasteiger partial charge >= 0.3 is 0 Å². The van der Waals surface area contributed by atoms with Crippen LogP contribution in [-0.4, -0.2) is 18.7 Å². The molecule has 0 aliphatic rings. The van der Waals surface area contributed by atoms with Gasteiger partial charge in [-0.15, -0.1) is 11.3 Å². The Morgan fingerprint density at radius 1 is 0.333 bits per heavy atom. The number of hydrogen-bond donors (Lipinski definition) is 0. The Morgan fingerprint density at radius 2 is 0.759 bits per heavy atom. The summed E-state index contributed by atoms with van der Waals surface area (Å²) in [6, 6.07) is 66.1. The van der Waals surface area contributed by atoms with Crippen molar-refractivity contribution in [3.8, 4) is 27.6 Å². The van der Waals surface area contributed by atoms with Crippen molar-refractivity contribution in [2.75, 3.05) is 0 Å². The molecule has 5 heteroatoms. The minimum absolute atomic E-state index is 1.03. The summed E-state index contributed by atoms with van der Waals surface area (Å²) in [7, 11) is 0. The Labute approximate surface area is 314 Å². The van der Waals surface area contributed by atoms with Crippen LogP contribution in [0.2, 0.25) is 0 Å². The third-order valence-corrected chi connectivity index (χ3v) is 12.1. The Morgan fingerprint density at radius 3 is 1.26 bits per heavy atom. The van der Waals surface area contributed by atoms with Crippen LogP contribution in [0.1, 0.15) is 0 Å². The summed E-state index contributed by atoms with van der Waals surface area (Å²) < 4.78 is 8.45. The molecule has 4 nitrogen and oxygen atoms in total. The lowest BCUT2D eigenvalue weighted by Crippen LogP contribution is -1.96. The van der Waals surface area contributed by atoms with E-state index in [2.05, 4.69) is 196 Å². The van der Waals surface area contributed by atoms with E-state index < -0.39 is 0 Å². The molecule has 0 aliphatic heterocycles. The Bertz CT molecular complexity index is 3150. The van der Waals surface area contributed by atoms with Gasteiger partial charge in [0.1, 0.15) is 5.01 Å². The van der Waals surface area contributed by atoms with Crippen molar-refractivity contribution >= 4 is 87.0 Å². The number of fused-ring (bicyclic) bond motifs is 10. The van der Waals surface area contributed by atoms with Crippen LogP contribution in [0.3, 0.4) is 0 Å². The topological polar surface area (TPSA) is 27.7 Å². The summed E-state index contributed by atoms with van der Waals surface area (Å²) in [5.74, 6) is 0. The SMILES string of the molecule is c1cc(-c2nc3ccccc3s2)cc(-n2c3ccc(-n4c5ccccc5c5ccccc54)cc3c3cc(-n4c5ccccc5c5ccccc54)ccc32)c1. The maximum absolute atomic E-state index is 5.01.